The van der Waals surface area contributed by atoms with Crippen LogP contribution in [-0.4, -0.2) is 54.0 Å². The van der Waals surface area contributed by atoms with Crippen molar-refractivity contribution in [1.82, 2.24) is 15.1 Å². The smallest absolute Gasteiger partial charge is 0.251 e. The van der Waals surface area contributed by atoms with Gasteiger partial charge in [0.05, 0.1) is 5.02 Å². The largest absolute Gasteiger partial charge is 0.489 e. The quantitative estimate of drug-likeness (QED) is 0.368. The molecule has 5 nitrogen and oxygen atoms in total. The molecule has 2 aliphatic heterocycles. The summed E-state index contributed by atoms with van der Waals surface area (Å²) in [5, 5.41) is 3.58. The second-order valence-electron chi connectivity index (χ2n) is 10.5. The van der Waals surface area contributed by atoms with E-state index in [1.165, 1.54) is 17.7 Å². The third-order valence-electron chi connectivity index (χ3n) is 7.58. The number of piperidine rings is 2. The lowest BCUT2D eigenvalue weighted by atomic mass is 10.0. The zero-order valence-electron chi connectivity index (χ0n) is 21.9. The van der Waals surface area contributed by atoms with Gasteiger partial charge < -0.3 is 10.1 Å². The Balaban J connectivity index is 1.06. The monoisotopic (exact) mass is 553 g/mol. The summed E-state index contributed by atoms with van der Waals surface area (Å²) in [6.07, 6.45) is 3.44. The zero-order chi connectivity index (χ0) is 27.2. The number of carbonyl (C=O) groups excluding carboxylic acids is 1. The molecule has 2 saturated heterocycles. The van der Waals surface area contributed by atoms with Crippen molar-refractivity contribution in [2.75, 3.05) is 26.2 Å². The van der Waals surface area contributed by atoms with Crippen LogP contribution in [-0.2, 0) is 13.1 Å². The molecule has 5 rings (SSSR count). The molecule has 3 aromatic carbocycles. The van der Waals surface area contributed by atoms with Crippen molar-refractivity contribution in [2.24, 2.45) is 0 Å². The molecule has 1 amide bonds. The fraction of sp³-hybridized carbons (Fsp3) is 0.387. The molecule has 0 radical (unpaired) electrons. The Hall–Kier alpha value is -3.00. The van der Waals surface area contributed by atoms with Crippen LogP contribution < -0.4 is 10.1 Å². The number of benzene rings is 3. The van der Waals surface area contributed by atoms with Gasteiger partial charge in [0, 0.05) is 50.9 Å². The second-order valence-corrected chi connectivity index (χ2v) is 10.9. The molecule has 206 valence electrons. The highest BCUT2D eigenvalue weighted by Crippen LogP contribution is 2.29. The molecule has 0 aromatic heterocycles. The maximum atomic E-state index is 13.5. The van der Waals surface area contributed by atoms with Crippen molar-refractivity contribution in [3.8, 4) is 5.75 Å². The molecule has 0 unspecified atom stereocenters. The summed E-state index contributed by atoms with van der Waals surface area (Å²) in [7, 11) is 0. The standard InChI is InChI=1S/C31H34ClF2N3O2/c32-27-19-24(31(38)35-25-10-14-36(15-11-25)20-22-4-2-1-3-5-22)7-9-30(27)39-26-12-16-37(17-13-26)21-23-6-8-28(33)29(34)18-23/h1-9,18-19,25-26H,10-17,20-21H2,(H,35,38). The third-order valence-corrected chi connectivity index (χ3v) is 7.88. The van der Waals surface area contributed by atoms with Crippen LogP contribution in [0.15, 0.2) is 66.7 Å². The molecular formula is C31H34ClF2N3O2. The van der Waals surface area contributed by atoms with Crippen LogP contribution in [0.25, 0.3) is 0 Å². The van der Waals surface area contributed by atoms with Gasteiger partial charge in [0.1, 0.15) is 11.9 Å². The van der Waals surface area contributed by atoms with E-state index in [1.807, 2.05) is 6.07 Å². The van der Waals surface area contributed by atoms with Crippen LogP contribution in [0.5, 0.6) is 5.75 Å². The van der Waals surface area contributed by atoms with E-state index in [1.54, 1.807) is 24.3 Å². The Morgan fingerprint density at radius 1 is 0.821 bits per heavy atom. The molecule has 0 bridgehead atoms. The van der Waals surface area contributed by atoms with E-state index in [-0.39, 0.29) is 18.1 Å². The Bertz CT molecular complexity index is 1260. The van der Waals surface area contributed by atoms with E-state index in [0.717, 1.165) is 64.0 Å². The van der Waals surface area contributed by atoms with Gasteiger partial charge in [-0.15, -0.1) is 0 Å². The van der Waals surface area contributed by atoms with Gasteiger partial charge in [0.15, 0.2) is 11.6 Å². The lowest BCUT2D eigenvalue weighted by molar-refractivity contribution is 0.0908. The average molecular weight is 554 g/mol. The molecule has 2 heterocycles. The molecule has 1 N–H and O–H groups in total. The first-order valence-electron chi connectivity index (χ1n) is 13.6. The molecule has 2 aliphatic rings. The lowest BCUT2D eigenvalue weighted by Gasteiger charge is -2.32. The number of carbonyl (C=O) groups is 1. The predicted octanol–water partition coefficient (Wildman–Crippen LogP) is 6.06. The normalized spacial score (nSPS) is 17.7. The molecule has 39 heavy (non-hydrogen) atoms. The summed E-state index contributed by atoms with van der Waals surface area (Å²) in [5.41, 5.74) is 2.59. The van der Waals surface area contributed by atoms with Crippen LogP contribution >= 0.6 is 11.6 Å². The summed E-state index contributed by atoms with van der Waals surface area (Å²) >= 11 is 6.51. The summed E-state index contributed by atoms with van der Waals surface area (Å²) in [4.78, 5) is 17.5. The van der Waals surface area contributed by atoms with Crippen molar-refractivity contribution in [3.63, 3.8) is 0 Å². The minimum Gasteiger partial charge on any atom is -0.489 e. The van der Waals surface area contributed by atoms with Gasteiger partial charge in [0.25, 0.3) is 5.91 Å². The number of halogens is 3. The molecule has 0 aliphatic carbocycles. The number of nitrogens with zero attached hydrogens (tertiary/aromatic N) is 2. The minimum absolute atomic E-state index is 0.00412. The molecule has 0 saturated carbocycles. The van der Waals surface area contributed by atoms with Crippen molar-refractivity contribution < 1.29 is 18.3 Å². The first-order chi connectivity index (χ1) is 18.9. The van der Waals surface area contributed by atoms with Crippen LogP contribution in [0.1, 0.15) is 47.2 Å². The number of likely N-dealkylation sites (tertiary alicyclic amines) is 2. The number of hydrogen-bond acceptors (Lipinski definition) is 4. The zero-order valence-corrected chi connectivity index (χ0v) is 22.7. The molecule has 0 atom stereocenters. The van der Waals surface area contributed by atoms with Gasteiger partial charge in [-0.25, -0.2) is 8.78 Å². The van der Waals surface area contributed by atoms with Gasteiger partial charge in [-0.05, 0) is 67.1 Å². The number of hydrogen-bond donors (Lipinski definition) is 1. The Labute approximate surface area is 233 Å². The topological polar surface area (TPSA) is 44.8 Å². The maximum Gasteiger partial charge on any atom is 0.251 e. The van der Waals surface area contributed by atoms with Crippen molar-refractivity contribution in [3.05, 3.63) is 100 Å². The fourth-order valence-electron chi connectivity index (χ4n) is 5.34. The van der Waals surface area contributed by atoms with E-state index in [2.05, 4.69) is 39.4 Å². The molecule has 2 fully saturated rings. The van der Waals surface area contributed by atoms with Crippen molar-refractivity contribution in [2.45, 2.75) is 50.9 Å². The Morgan fingerprint density at radius 3 is 2.15 bits per heavy atom. The van der Waals surface area contributed by atoms with Crippen LogP contribution in [0.2, 0.25) is 5.02 Å². The van der Waals surface area contributed by atoms with Gasteiger partial charge >= 0.3 is 0 Å². The summed E-state index contributed by atoms with van der Waals surface area (Å²) in [5.74, 6) is -1.19. The Morgan fingerprint density at radius 2 is 1.49 bits per heavy atom. The van der Waals surface area contributed by atoms with E-state index in [4.69, 9.17) is 16.3 Å². The number of nitrogens with one attached hydrogen (secondary N) is 1. The van der Waals surface area contributed by atoms with Gasteiger partial charge in [0.2, 0.25) is 0 Å². The van der Waals surface area contributed by atoms with Crippen molar-refractivity contribution >= 4 is 17.5 Å². The van der Waals surface area contributed by atoms with Crippen LogP contribution in [0, 0.1) is 11.6 Å². The average Bonchev–Trinajstić information content (AvgIpc) is 2.94. The molecule has 0 spiro atoms. The fourth-order valence-corrected chi connectivity index (χ4v) is 5.57. The molecule has 3 aromatic rings. The Kier molecular flexibility index (Phi) is 9.12. The van der Waals surface area contributed by atoms with Crippen molar-refractivity contribution in [1.29, 1.82) is 0 Å². The number of ether oxygens (including phenoxy) is 1. The van der Waals surface area contributed by atoms with Gasteiger partial charge in [-0.2, -0.15) is 0 Å². The van der Waals surface area contributed by atoms with Crippen LogP contribution in [0.3, 0.4) is 0 Å². The summed E-state index contributed by atoms with van der Waals surface area (Å²) in [6.45, 7) is 4.98. The van der Waals surface area contributed by atoms with E-state index in [9.17, 15) is 13.6 Å². The van der Waals surface area contributed by atoms with Gasteiger partial charge in [-0.1, -0.05) is 48.0 Å². The lowest BCUT2D eigenvalue weighted by Crippen LogP contribution is -2.44. The van der Waals surface area contributed by atoms with E-state index in [0.29, 0.717) is 22.9 Å². The second kappa shape index (κ2) is 12.9. The van der Waals surface area contributed by atoms with E-state index < -0.39 is 11.6 Å². The highest BCUT2D eigenvalue weighted by molar-refractivity contribution is 6.32. The minimum atomic E-state index is -0.828. The van der Waals surface area contributed by atoms with Gasteiger partial charge in [-0.3, -0.25) is 14.6 Å². The predicted molar refractivity (Wildman–Crippen MR) is 149 cm³/mol. The van der Waals surface area contributed by atoms with E-state index >= 15 is 0 Å². The highest BCUT2D eigenvalue weighted by atomic mass is 35.5. The third kappa shape index (κ3) is 7.56. The summed E-state index contributed by atoms with van der Waals surface area (Å²) < 4.78 is 32.8. The SMILES string of the molecule is O=C(NC1CCN(Cc2ccccc2)CC1)c1ccc(OC2CCN(Cc3ccc(F)c(F)c3)CC2)c(Cl)c1. The maximum absolute atomic E-state index is 13.5. The molecule has 8 heteroatoms. The molecular weight excluding hydrogens is 520 g/mol. The number of amides is 1. The highest BCUT2D eigenvalue weighted by Gasteiger charge is 2.24. The van der Waals surface area contributed by atoms with Crippen LogP contribution in [0.4, 0.5) is 8.78 Å². The summed E-state index contributed by atoms with van der Waals surface area (Å²) in [6, 6.07) is 19.9. The number of rotatable bonds is 8. The first kappa shape index (κ1) is 27.6. The first-order valence-corrected chi connectivity index (χ1v) is 14.0.